The van der Waals surface area contributed by atoms with Gasteiger partial charge < -0.3 is 11.1 Å². The molecule has 0 saturated heterocycles. The van der Waals surface area contributed by atoms with Gasteiger partial charge in [-0.2, -0.15) is 10.1 Å². The quantitative estimate of drug-likeness (QED) is 0.577. The van der Waals surface area contributed by atoms with Gasteiger partial charge in [-0.3, -0.25) is 0 Å². The molecule has 0 aliphatic carbocycles. The summed E-state index contributed by atoms with van der Waals surface area (Å²) in [6, 6.07) is 3.44. The number of nitrogens with zero attached hydrogens (tertiary/aromatic N) is 6. The van der Waals surface area contributed by atoms with Crippen molar-refractivity contribution < 1.29 is 4.39 Å². The van der Waals surface area contributed by atoms with Crippen molar-refractivity contribution >= 4 is 22.9 Å². The number of hydrogen-bond acceptors (Lipinski definition) is 6. The summed E-state index contributed by atoms with van der Waals surface area (Å²) in [4.78, 5) is 8.20. The lowest BCUT2D eigenvalue weighted by Crippen LogP contribution is -2.05. The number of imidazole rings is 1. The highest BCUT2D eigenvalue weighted by Crippen LogP contribution is 2.30. The maximum absolute atomic E-state index is 14.4. The molecule has 0 aliphatic heterocycles. The molecular formula is C13H11FN8. The molecule has 4 rings (SSSR count). The van der Waals surface area contributed by atoms with E-state index in [1.807, 2.05) is 0 Å². The van der Waals surface area contributed by atoms with Crippen LogP contribution in [0.3, 0.4) is 0 Å². The van der Waals surface area contributed by atoms with Crippen LogP contribution in [0.15, 0.2) is 30.7 Å². The number of anilines is 2. The van der Waals surface area contributed by atoms with E-state index in [4.69, 9.17) is 5.73 Å². The average molecular weight is 298 g/mol. The summed E-state index contributed by atoms with van der Waals surface area (Å²) in [7, 11) is 1.66. The maximum atomic E-state index is 14.4. The van der Waals surface area contributed by atoms with E-state index in [1.54, 1.807) is 36.1 Å². The fraction of sp³-hybridized carbons (Fsp3) is 0.0769. The van der Waals surface area contributed by atoms with Crippen molar-refractivity contribution in [3.63, 3.8) is 0 Å². The second-order valence-electron chi connectivity index (χ2n) is 4.66. The van der Waals surface area contributed by atoms with Gasteiger partial charge in [-0.15, -0.1) is 5.10 Å². The summed E-state index contributed by atoms with van der Waals surface area (Å²) in [5.41, 5.74) is 7.69. The Morgan fingerprint density at radius 3 is 2.91 bits per heavy atom. The van der Waals surface area contributed by atoms with Crippen molar-refractivity contribution in [1.82, 2.24) is 29.2 Å². The molecular weight excluding hydrogens is 287 g/mol. The number of halogens is 1. The lowest BCUT2D eigenvalue weighted by atomic mass is 10.2. The highest BCUT2D eigenvalue weighted by atomic mass is 19.1. The van der Waals surface area contributed by atoms with Crippen LogP contribution in [0.4, 0.5) is 16.2 Å². The van der Waals surface area contributed by atoms with Crippen LogP contribution in [0.1, 0.15) is 0 Å². The van der Waals surface area contributed by atoms with Crippen LogP contribution < -0.4 is 11.1 Å². The van der Waals surface area contributed by atoms with Crippen LogP contribution in [0.2, 0.25) is 0 Å². The molecule has 3 N–H and O–H groups in total. The van der Waals surface area contributed by atoms with E-state index in [0.717, 1.165) is 0 Å². The first-order valence-corrected chi connectivity index (χ1v) is 6.50. The predicted octanol–water partition coefficient (Wildman–Crippen LogP) is 1.20. The Hall–Kier alpha value is -3.23. The van der Waals surface area contributed by atoms with Gasteiger partial charge in [0.05, 0.1) is 17.5 Å². The summed E-state index contributed by atoms with van der Waals surface area (Å²) in [6.45, 7) is 0. The summed E-state index contributed by atoms with van der Waals surface area (Å²) >= 11 is 0. The number of nitrogens with two attached hydrogens (primary N) is 1. The summed E-state index contributed by atoms with van der Waals surface area (Å²) in [5, 5.41) is 11.3. The molecule has 0 fully saturated rings. The third-order valence-corrected chi connectivity index (χ3v) is 3.35. The second kappa shape index (κ2) is 4.38. The highest BCUT2D eigenvalue weighted by molar-refractivity contribution is 5.87. The molecule has 0 saturated carbocycles. The third kappa shape index (κ3) is 1.68. The number of hydrogen-bond donors (Lipinski definition) is 2. The largest absolute Gasteiger partial charge is 0.382 e. The molecule has 9 heteroatoms. The first-order valence-electron chi connectivity index (χ1n) is 6.50. The molecule has 4 heterocycles. The minimum Gasteiger partial charge on any atom is -0.382 e. The monoisotopic (exact) mass is 298 g/mol. The van der Waals surface area contributed by atoms with Crippen LogP contribution in [-0.2, 0) is 0 Å². The molecule has 0 aromatic carbocycles. The van der Waals surface area contributed by atoms with E-state index < -0.39 is 5.82 Å². The standard InChI is InChI=1S/C13H11FN8/c1-16-13-18-12(15)11-10(7(14)6-22(11)20-13)8-2-3-9-17-4-5-21(9)19-8/h2-6H,1H3,(H3,15,16,18,20). The summed E-state index contributed by atoms with van der Waals surface area (Å²) in [5.74, 6) is 0.0107. The second-order valence-corrected chi connectivity index (χ2v) is 4.66. The Bertz CT molecular complexity index is 1000. The fourth-order valence-corrected chi connectivity index (χ4v) is 2.38. The highest BCUT2D eigenvalue weighted by Gasteiger charge is 2.19. The fourth-order valence-electron chi connectivity index (χ4n) is 2.38. The molecule has 0 unspecified atom stereocenters. The third-order valence-electron chi connectivity index (χ3n) is 3.35. The van der Waals surface area contributed by atoms with Crippen molar-refractivity contribution in [2.24, 2.45) is 0 Å². The average Bonchev–Trinajstić information content (AvgIpc) is 3.09. The molecule has 4 aromatic heterocycles. The smallest absolute Gasteiger partial charge is 0.242 e. The van der Waals surface area contributed by atoms with E-state index in [-0.39, 0.29) is 11.4 Å². The van der Waals surface area contributed by atoms with E-state index in [2.05, 4.69) is 25.5 Å². The first-order chi connectivity index (χ1) is 10.7. The maximum Gasteiger partial charge on any atom is 0.242 e. The molecule has 110 valence electrons. The van der Waals surface area contributed by atoms with Gasteiger partial charge in [-0.25, -0.2) is 18.4 Å². The van der Waals surface area contributed by atoms with Crippen molar-refractivity contribution in [1.29, 1.82) is 0 Å². The van der Waals surface area contributed by atoms with E-state index >= 15 is 0 Å². The summed E-state index contributed by atoms with van der Waals surface area (Å²) < 4.78 is 17.3. The van der Waals surface area contributed by atoms with E-state index in [1.165, 1.54) is 10.7 Å². The minimum absolute atomic E-state index is 0.172. The van der Waals surface area contributed by atoms with Gasteiger partial charge in [0.15, 0.2) is 17.3 Å². The van der Waals surface area contributed by atoms with Crippen LogP contribution in [0.25, 0.3) is 22.4 Å². The van der Waals surface area contributed by atoms with Gasteiger partial charge in [0.1, 0.15) is 5.52 Å². The molecule has 0 bridgehead atoms. The van der Waals surface area contributed by atoms with Gasteiger partial charge >= 0.3 is 0 Å². The molecule has 0 radical (unpaired) electrons. The van der Waals surface area contributed by atoms with Gasteiger partial charge in [0, 0.05) is 19.4 Å². The molecule has 0 aliphatic rings. The number of nitrogens with one attached hydrogen (secondary N) is 1. The Morgan fingerprint density at radius 2 is 2.09 bits per heavy atom. The number of nitrogen functional groups attached to an aromatic ring is 1. The zero-order valence-electron chi connectivity index (χ0n) is 11.5. The molecule has 8 nitrogen and oxygen atoms in total. The molecule has 0 amide bonds. The topological polar surface area (TPSA) is 98.4 Å². The van der Waals surface area contributed by atoms with Gasteiger partial charge in [0.2, 0.25) is 5.95 Å². The van der Waals surface area contributed by atoms with Crippen molar-refractivity contribution in [2.45, 2.75) is 0 Å². The number of fused-ring (bicyclic) bond motifs is 2. The van der Waals surface area contributed by atoms with Crippen LogP contribution in [-0.4, -0.2) is 36.2 Å². The summed E-state index contributed by atoms with van der Waals surface area (Å²) in [6.07, 6.45) is 4.56. The molecule has 4 aromatic rings. The van der Waals surface area contributed by atoms with Gasteiger partial charge in [-0.05, 0) is 12.1 Å². The first kappa shape index (κ1) is 12.5. The van der Waals surface area contributed by atoms with Crippen molar-refractivity contribution in [3.8, 4) is 11.3 Å². The number of aromatic nitrogens is 6. The van der Waals surface area contributed by atoms with Crippen LogP contribution in [0.5, 0.6) is 0 Å². The van der Waals surface area contributed by atoms with E-state index in [9.17, 15) is 4.39 Å². The van der Waals surface area contributed by atoms with Crippen molar-refractivity contribution in [3.05, 3.63) is 36.5 Å². The lowest BCUT2D eigenvalue weighted by molar-refractivity contribution is 0.627. The van der Waals surface area contributed by atoms with E-state index in [0.29, 0.717) is 22.8 Å². The molecule has 22 heavy (non-hydrogen) atoms. The normalized spacial score (nSPS) is 11.4. The minimum atomic E-state index is -0.471. The van der Waals surface area contributed by atoms with Crippen LogP contribution >= 0.6 is 0 Å². The Labute approximate surface area is 123 Å². The predicted molar refractivity (Wildman–Crippen MR) is 78.9 cm³/mol. The Morgan fingerprint density at radius 1 is 1.23 bits per heavy atom. The van der Waals surface area contributed by atoms with Crippen LogP contribution in [0, 0.1) is 5.82 Å². The zero-order valence-corrected chi connectivity index (χ0v) is 11.5. The Kier molecular flexibility index (Phi) is 2.49. The lowest BCUT2D eigenvalue weighted by Gasteiger charge is -2.05. The SMILES string of the molecule is CNc1nc(N)c2c(-c3ccc4nccn4n3)c(F)cn2n1. The molecule has 0 atom stereocenters. The number of rotatable bonds is 2. The van der Waals surface area contributed by atoms with Crippen molar-refractivity contribution in [2.75, 3.05) is 18.1 Å². The van der Waals surface area contributed by atoms with Gasteiger partial charge in [-0.1, -0.05) is 0 Å². The Balaban J connectivity index is 2.03. The molecule has 0 spiro atoms. The zero-order chi connectivity index (χ0) is 15.3. The van der Waals surface area contributed by atoms with Gasteiger partial charge in [0.25, 0.3) is 0 Å².